The number of aryl methyl sites for hydroxylation is 1. The van der Waals surface area contributed by atoms with Crippen LogP contribution in [0.25, 0.3) is 16.2 Å². The molecule has 2 amide bonds. The smallest absolute Gasteiger partial charge is 0.264 e. The zero-order valence-electron chi connectivity index (χ0n) is 16.4. The van der Waals surface area contributed by atoms with Crippen molar-refractivity contribution in [3.63, 3.8) is 0 Å². The normalized spacial score (nSPS) is 10.7. The van der Waals surface area contributed by atoms with Gasteiger partial charge in [0.05, 0.1) is 5.69 Å². The van der Waals surface area contributed by atoms with Gasteiger partial charge in [-0.2, -0.15) is 4.98 Å². The first-order chi connectivity index (χ1) is 14.5. The van der Waals surface area contributed by atoms with Gasteiger partial charge in [0.25, 0.3) is 11.9 Å². The number of amides is 2. The summed E-state index contributed by atoms with van der Waals surface area (Å²) >= 11 is 1.42. The number of thiazole rings is 1. The molecule has 2 aromatic heterocycles. The molecular formula is C21H19N5O3S. The van der Waals surface area contributed by atoms with Crippen LogP contribution in [0.1, 0.15) is 12.5 Å². The van der Waals surface area contributed by atoms with E-state index in [9.17, 15) is 9.59 Å². The number of fused-ring (bicyclic) bond motifs is 1. The first-order valence-electron chi connectivity index (χ1n) is 9.19. The van der Waals surface area contributed by atoms with E-state index in [1.54, 1.807) is 4.52 Å². The van der Waals surface area contributed by atoms with E-state index in [4.69, 9.17) is 4.74 Å². The third-order valence-corrected chi connectivity index (χ3v) is 5.04. The number of nitrogens with one attached hydrogen (secondary N) is 2. The van der Waals surface area contributed by atoms with Gasteiger partial charge in [-0.15, -0.1) is 16.4 Å². The van der Waals surface area contributed by atoms with Crippen LogP contribution >= 0.6 is 11.3 Å². The summed E-state index contributed by atoms with van der Waals surface area (Å²) in [6, 6.07) is 14.9. The minimum atomic E-state index is -0.338. The molecule has 0 bridgehead atoms. The summed E-state index contributed by atoms with van der Waals surface area (Å²) in [5, 5.41) is 11.7. The van der Waals surface area contributed by atoms with Crippen molar-refractivity contribution in [2.24, 2.45) is 0 Å². The maximum Gasteiger partial charge on any atom is 0.264 e. The highest BCUT2D eigenvalue weighted by molar-refractivity contribution is 7.15. The predicted octanol–water partition coefficient (Wildman–Crippen LogP) is 3.74. The lowest BCUT2D eigenvalue weighted by atomic mass is 10.1. The topological polar surface area (TPSA) is 97.6 Å². The molecule has 152 valence electrons. The number of rotatable bonds is 6. The van der Waals surface area contributed by atoms with Crippen molar-refractivity contribution in [2.45, 2.75) is 13.8 Å². The lowest BCUT2D eigenvalue weighted by molar-refractivity contribution is -0.118. The number of hydrogen-bond acceptors (Lipinski definition) is 6. The van der Waals surface area contributed by atoms with Crippen molar-refractivity contribution in [2.75, 3.05) is 17.2 Å². The van der Waals surface area contributed by atoms with Crippen molar-refractivity contribution < 1.29 is 14.3 Å². The minimum absolute atomic E-state index is 0.122. The molecule has 4 rings (SSSR count). The van der Waals surface area contributed by atoms with Crippen molar-refractivity contribution in [3.05, 3.63) is 59.5 Å². The fraction of sp³-hybridized carbons (Fsp3) is 0.143. The number of aromatic nitrogens is 3. The van der Waals surface area contributed by atoms with Gasteiger partial charge in [0.1, 0.15) is 5.75 Å². The second kappa shape index (κ2) is 8.34. The van der Waals surface area contributed by atoms with Crippen LogP contribution in [0.2, 0.25) is 0 Å². The van der Waals surface area contributed by atoms with E-state index in [0.29, 0.717) is 10.7 Å². The molecule has 30 heavy (non-hydrogen) atoms. The molecule has 0 aliphatic rings. The Morgan fingerprint density at radius 1 is 1.07 bits per heavy atom. The number of hydrogen-bond donors (Lipinski definition) is 2. The van der Waals surface area contributed by atoms with Gasteiger partial charge in [0.15, 0.2) is 6.61 Å². The monoisotopic (exact) mass is 421 g/mol. The SMILES string of the molecule is CC(=O)Nc1ccc(-c2csc3nc(NC(=O)COc4ccc(C)cc4)nn23)cc1. The molecule has 8 nitrogen and oxygen atoms in total. The van der Waals surface area contributed by atoms with Crippen LogP contribution in [-0.4, -0.2) is 33.0 Å². The van der Waals surface area contributed by atoms with Crippen LogP contribution in [0, 0.1) is 6.92 Å². The molecule has 0 aliphatic heterocycles. The number of nitrogens with zero attached hydrogens (tertiary/aromatic N) is 3. The van der Waals surface area contributed by atoms with Crippen molar-refractivity contribution >= 4 is 39.7 Å². The highest BCUT2D eigenvalue weighted by Gasteiger charge is 2.14. The van der Waals surface area contributed by atoms with Crippen LogP contribution in [0.5, 0.6) is 5.75 Å². The van der Waals surface area contributed by atoms with Crippen LogP contribution in [0.4, 0.5) is 11.6 Å². The summed E-state index contributed by atoms with van der Waals surface area (Å²) in [6.07, 6.45) is 0. The third-order valence-electron chi connectivity index (χ3n) is 4.22. The molecule has 0 aliphatic carbocycles. The molecule has 0 saturated carbocycles. The first-order valence-corrected chi connectivity index (χ1v) is 10.1. The van der Waals surface area contributed by atoms with Gasteiger partial charge in [-0.05, 0) is 31.2 Å². The molecule has 0 spiro atoms. The van der Waals surface area contributed by atoms with E-state index in [-0.39, 0.29) is 24.4 Å². The maximum absolute atomic E-state index is 12.2. The number of anilines is 2. The number of carbonyl (C=O) groups is 2. The Hall–Kier alpha value is -3.72. The number of benzene rings is 2. The molecule has 2 heterocycles. The zero-order valence-corrected chi connectivity index (χ0v) is 17.2. The van der Waals surface area contributed by atoms with E-state index in [2.05, 4.69) is 20.7 Å². The van der Waals surface area contributed by atoms with Gasteiger partial charge < -0.3 is 10.1 Å². The zero-order chi connectivity index (χ0) is 21.1. The van der Waals surface area contributed by atoms with Gasteiger partial charge in [-0.25, -0.2) is 4.52 Å². The van der Waals surface area contributed by atoms with E-state index in [0.717, 1.165) is 22.5 Å². The summed E-state index contributed by atoms with van der Waals surface area (Å²) in [5.41, 5.74) is 3.60. The Morgan fingerprint density at radius 3 is 2.50 bits per heavy atom. The fourth-order valence-corrected chi connectivity index (χ4v) is 3.64. The van der Waals surface area contributed by atoms with Gasteiger partial charge >= 0.3 is 0 Å². The lowest BCUT2D eigenvalue weighted by Crippen LogP contribution is -2.20. The van der Waals surface area contributed by atoms with Gasteiger partial charge in [-0.3, -0.25) is 14.9 Å². The van der Waals surface area contributed by atoms with Crippen LogP contribution in [-0.2, 0) is 9.59 Å². The Morgan fingerprint density at radius 2 is 1.80 bits per heavy atom. The van der Waals surface area contributed by atoms with E-state index < -0.39 is 0 Å². The average molecular weight is 421 g/mol. The molecule has 2 aromatic carbocycles. The van der Waals surface area contributed by atoms with E-state index in [1.807, 2.05) is 60.8 Å². The Balaban J connectivity index is 1.44. The summed E-state index contributed by atoms with van der Waals surface area (Å²) < 4.78 is 7.16. The summed E-state index contributed by atoms with van der Waals surface area (Å²) in [5.74, 6) is 0.383. The molecule has 0 atom stereocenters. The summed E-state index contributed by atoms with van der Waals surface area (Å²) in [4.78, 5) is 28.3. The number of carbonyl (C=O) groups excluding carboxylic acids is 2. The standard InChI is InChI=1S/C21H19N5O3S/c1-13-3-9-17(10-4-13)29-11-19(28)23-20-24-21-26(25-20)18(12-30-21)15-5-7-16(8-6-15)22-14(2)27/h3-10,12H,11H2,1-2H3,(H,22,27)(H,23,25,28). The Kier molecular flexibility index (Phi) is 5.44. The number of ether oxygens (including phenoxy) is 1. The summed E-state index contributed by atoms with van der Waals surface area (Å²) in [6.45, 7) is 3.32. The van der Waals surface area contributed by atoms with E-state index >= 15 is 0 Å². The highest BCUT2D eigenvalue weighted by Crippen LogP contribution is 2.27. The predicted molar refractivity (Wildman–Crippen MR) is 116 cm³/mol. The average Bonchev–Trinajstić information content (AvgIpc) is 3.28. The Labute approximate surface area is 176 Å². The molecule has 2 N–H and O–H groups in total. The quantitative estimate of drug-likeness (QED) is 0.494. The third kappa shape index (κ3) is 4.47. The first kappa shape index (κ1) is 19.6. The molecule has 0 radical (unpaired) electrons. The second-order valence-electron chi connectivity index (χ2n) is 6.66. The minimum Gasteiger partial charge on any atom is -0.484 e. The highest BCUT2D eigenvalue weighted by atomic mass is 32.1. The molecule has 0 unspecified atom stereocenters. The molecule has 9 heteroatoms. The molecule has 4 aromatic rings. The fourth-order valence-electron chi connectivity index (χ4n) is 2.80. The van der Waals surface area contributed by atoms with Crippen molar-refractivity contribution in [1.82, 2.24) is 14.6 Å². The van der Waals surface area contributed by atoms with Crippen molar-refractivity contribution in [3.8, 4) is 17.0 Å². The van der Waals surface area contributed by atoms with Crippen LogP contribution in [0.15, 0.2) is 53.9 Å². The molecule has 0 saturated heterocycles. The van der Waals surface area contributed by atoms with Crippen LogP contribution in [0.3, 0.4) is 0 Å². The van der Waals surface area contributed by atoms with Crippen molar-refractivity contribution in [1.29, 1.82) is 0 Å². The summed E-state index contributed by atoms with van der Waals surface area (Å²) in [7, 11) is 0. The second-order valence-corrected chi connectivity index (χ2v) is 7.50. The van der Waals surface area contributed by atoms with Gasteiger partial charge in [0.2, 0.25) is 10.9 Å². The lowest BCUT2D eigenvalue weighted by Gasteiger charge is -2.05. The van der Waals surface area contributed by atoms with Gasteiger partial charge in [-0.1, -0.05) is 29.8 Å². The Bertz CT molecular complexity index is 1200. The van der Waals surface area contributed by atoms with Gasteiger partial charge in [0, 0.05) is 23.6 Å². The largest absolute Gasteiger partial charge is 0.484 e. The molecule has 0 fully saturated rings. The molecular weight excluding hydrogens is 402 g/mol. The van der Waals surface area contributed by atoms with E-state index in [1.165, 1.54) is 18.3 Å². The van der Waals surface area contributed by atoms with Crippen LogP contribution < -0.4 is 15.4 Å². The maximum atomic E-state index is 12.2.